The van der Waals surface area contributed by atoms with Gasteiger partial charge in [0.1, 0.15) is 5.82 Å². The van der Waals surface area contributed by atoms with Crippen molar-refractivity contribution in [2.45, 2.75) is 45.1 Å². The van der Waals surface area contributed by atoms with Crippen molar-refractivity contribution in [1.29, 1.82) is 0 Å². The quantitative estimate of drug-likeness (QED) is 0.743. The minimum Gasteiger partial charge on any atom is -0.341 e. The molecule has 0 bridgehead atoms. The topological polar surface area (TPSA) is 49.6 Å². The van der Waals surface area contributed by atoms with Crippen LogP contribution >= 0.6 is 0 Å². The third-order valence-corrected chi connectivity index (χ3v) is 4.61. The number of nitrogens with zero attached hydrogens (tertiary/aromatic N) is 2. The lowest BCUT2D eigenvalue weighted by Gasteiger charge is -2.22. The third kappa shape index (κ3) is 6.57. The van der Waals surface area contributed by atoms with Crippen molar-refractivity contribution >= 4 is 5.91 Å². The predicted molar refractivity (Wildman–Crippen MR) is 95.0 cm³/mol. The molecule has 134 valence electrons. The van der Waals surface area contributed by atoms with Crippen LogP contribution in [0.15, 0.2) is 24.3 Å². The second-order valence-electron chi connectivity index (χ2n) is 6.59. The van der Waals surface area contributed by atoms with Gasteiger partial charge in [0.25, 0.3) is 0 Å². The second kappa shape index (κ2) is 10.4. The summed E-state index contributed by atoms with van der Waals surface area (Å²) < 4.78 is 13.0. The first-order valence-electron chi connectivity index (χ1n) is 9.13. The number of hydrogen-bond acceptors (Lipinski definition) is 3. The number of carbonyl (C=O) groups excluding carboxylic acids is 1. The van der Waals surface area contributed by atoms with Crippen LogP contribution < -0.4 is 5.73 Å². The molecule has 1 aliphatic heterocycles. The Balaban J connectivity index is 1.71. The Labute approximate surface area is 144 Å². The van der Waals surface area contributed by atoms with Gasteiger partial charge in [0.05, 0.1) is 0 Å². The van der Waals surface area contributed by atoms with Gasteiger partial charge in [0.15, 0.2) is 0 Å². The molecule has 1 amide bonds. The maximum atomic E-state index is 13.0. The highest BCUT2D eigenvalue weighted by atomic mass is 19.1. The summed E-state index contributed by atoms with van der Waals surface area (Å²) in [4.78, 5) is 16.7. The van der Waals surface area contributed by atoms with Gasteiger partial charge in [0.2, 0.25) is 5.91 Å². The molecule has 0 atom stereocenters. The van der Waals surface area contributed by atoms with Crippen LogP contribution in [-0.4, -0.2) is 48.4 Å². The fraction of sp³-hybridized carbons (Fsp3) is 0.632. The molecule has 1 aliphatic rings. The molecule has 1 aromatic carbocycles. The highest BCUT2D eigenvalue weighted by Crippen LogP contribution is 2.12. The largest absolute Gasteiger partial charge is 0.341 e. The zero-order chi connectivity index (χ0) is 17.2. The Kier molecular flexibility index (Phi) is 8.19. The van der Waals surface area contributed by atoms with E-state index in [2.05, 4.69) is 4.90 Å². The van der Waals surface area contributed by atoms with Gasteiger partial charge in [-0.1, -0.05) is 25.0 Å². The maximum absolute atomic E-state index is 13.0. The predicted octanol–water partition coefficient (Wildman–Crippen LogP) is 2.77. The van der Waals surface area contributed by atoms with Gasteiger partial charge in [-0.05, 0) is 43.5 Å². The van der Waals surface area contributed by atoms with Gasteiger partial charge in [-0.25, -0.2) is 4.39 Å². The zero-order valence-corrected chi connectivity index (χ0v) is 14.6. The molecule has 0 aliphatic carbocycles. The molecular formula is C19H30FN3O. The first kappa shape index (κ1) is 18.9. The lowest BCUT2D eigenvalue weighted by molar-refractivity contribution is -0.131. The van der Waals surface area contributed by atoms with Crippen molar-refractivity contribution in [2.75, 3.05) is 32.7 Å². The summed E-state index contributed by atoms with van der Waals surface area (Å²) in [5.74, 6) is 0.0873. The van der Waals surface area contributed by atoms with Crippen molar-refractivity contribution in [3.8, 4) is 0 Å². The normalized spacial score (nSPS) is 16.2. The number of hydrogen-bond donors (Lipinski definition) is 1. The van der Waals surface area contributed by atoms with Crippen molar-refractivity contribution < 1.29 is 9.18 Å². The van der Waals surface area contributed by atoms with E-state index >= 15 is 0 Å². The highest BCUT2D eigenvalue weighted by Gasteiger charge is 2.18. The van der Waals surface area contributed by atoms with Crippen molar-refractivity contribution in [1.82, 2.24) is 9.80 Å². The summed E-state index contributed by atoms with van der Waals surface area (Å²) in [5.41, 5.74) is 6.60. The van der Waals surface area contributed by atoms with Crippen LogP contribution in [0, 0.1) is 5.82 Å². The first-order valence-corrected chi connectivity index (χ1v) is 9.13. The highest BCUT2D eigenvalue weighted by molar-refractivity contribution is 5.76. The van der Waals surface area contributed by atoms with Crippen LogP contribution in [0.2, 0.25) is 0 Å². The maximum Gasteiger partial charge on any atom is 0.222 e. The van der Waals surface area contributed by atoms with E-state index in [1.54, 1.807) is 0 Å². The van der Waals surface area contributed by atoms with Crippen LogP contribution in [0.3, 0.4) is 0 Å². The standard InChI is InChI=1S/C19H30FN3O/c20-18-9-7-17(8-10-18)16-22-12-5-13-23(15-14-22)19(24)6-3-1-2-4-11-21/h7-10H,1-6,11-16,21H2. The van der Waals surface area contributed by atoms with E-state index < -0.39 is 0 Å². The van der Waals surface area contributed by atoms with Crippen LogP contribution in [-0.2, 0) is 11.3 Å². The molecule has 1 fully saturated rings. The molecule has 0 saturated carbocycles. The van der Waals surface area contributed by atoms with E-state index in [4.69, 9.17) is 5.73 Å². The molecule has 0 aromatic heterocycles. The van der Waals surface area contributed by atoms with E-state index in [0.29, 0.717) is 6.42 Å². The van der Waals surface area contributed by atoms with Crippen LogP contribution in [0.25, 0.3) is 0 Å². The average Bonchev–Trinajstić information content (AvgIpc) is 2.82. The molecular weight excluding hydrogens is 305 g/mol. The number of amides is 1. The summed E-state index contributed by atoms with van der Waals surface area (Å²) in [6.07, 6.45) is 5.89. The minimum absolute atomic E-state index is 0.196. The lowest BCUT2D eigenvalue weighted by atomic mass is 10.1. The van der Waals surface area contributed by atoms with Crippen LogP contribution in [0.4, 0.5) is 4.39 Å². The Bertz CT molecular complexity index is 492. The monoisotopic (exact) mass is 335 g/mol. The zero-order valence-electron chi connectivity index (χ0n) is 14.6. The van der Waals surface area contributed by atoms with Gasteiger partial charge in [-0.3, -0.25) is 9.69 Å². The molecule has 5 heteroatoms. The molecule has 0 unspecified atom stereocenters. The van der Waals surface area contributed by atoms with E-state index in [9.17, 15) is 9.18 Å². The fourth-order valence-electron chi connectivity index (χ4n) is 3.16. The van der Waals surface area contributed by atoms with E-state index in [0.717, 1.165) is 76.9 Å². The van der Waals surface area contributed by atoms with Crippen molar-refractivity contribution in [3.63, 3.8) is 0 Å². The molecule has 4 nitrogen and oxygen atoms in total. The SMILES string of the molecule is NCCCCCCC(=O)N1CCCN(Cc2ccc(F)cc2)CC1. The molecule has 24 heavy (non-hydrogen) atoms. The lowest BCUT2D eigenvalue weighted by Crippen LogP contribution is -2.34. The van der Waals surface area contributed by atoms with Crippen LogP contribution in [0.1, 0.15) is 44.1 Å². The Morgan fingerprint density at radius 3 is 2.50 bits per heavy atom. The Hall–Kier alpha value is -1.46. The molecule has 0 spiro atoms. The minimum atomic E-state index is -0.196. The number of unbranched alkanes of at least 4 members (excludes halogenated alkanes) is 3. The molecule has 2 N–H and O–H groups in total. The van der Waals surface area contributed by atoms with E-state index in [-0.39, 0.29) is 11.7 Å². The first-order chi connectivity index (χ1) is 11.7. The molecule has 1 heterocycles. The number of carbonyl (C=O) groups is 1. The number of rotatable bonds is 8. The third-order valence-electron chi connectivity index (χ3n) is 4.61. The summed E-state index contributed by atoms with van der Waals surface area (Å²) in [5, 5.41) is 0. The Morgan fingerprint density at radius 2 is 1.75 bits per heavy atom. The summed E-state index contributed by atoms with van der Waals surface area (Å²) in [7, 11) is 0. The van der Waals surface area contributed by atoms with Crippen molar-refractivity contribution in [3.05, 3.63) is 35.6 Å². The molecule has 2 rings (SSSR count). The van der Waals surface area contributed by atoms with Crippen molar-refractivity contribution in [2.24, 2.45) is 5.73 Å². The summed E-state index contributed by atoms with van der Waals surface area (Å²) >= 11 is 0. The number of nitrogens with two attached hydrogens (primary N) is 1. The number of halogens is 1. The van der Waals surface area contributed by atoms with Gasteiger partial charge < -0.3 is 10.6 Å². The Morgan fingerprint density at radius 1 is 1.00 bits per heavy atom. The fourth-order valence-corrected chi connectivity index (χ4v) is 3.16. The van der Waals surface area contributed by atoms with Gasteiger partial charge in [-0.2, -0.15) is 0 Å². The summed E-state index contributed by atoms with van der Waals surface area (Å²) in [6.45, 7) is 5.07. The second-order valence-corrected chi connectivity index (χ2v) is 6.59. The molecule has 1 aromatic rings. The van der Waals surface area contributed by atoms with Gasteiger partial charge >= 0.3 is 0 Å². The smallest absolute Gasteiger partial charge is 0.222 e. The summed E-state index contributed by atoms with van der Waals surface area (Å²) in [6, 6.07) is 6.69. The van der Waals surface area contributed by atoms with E-state index in [1.807, 2.05) is 17.0 Å². The number of benzene rings is 1. The molecule has 1 saturated heterocycles. The average molecular weight is 335 g/mol. The molecule has 0 radical (unpaired) electrons. The van der Waals surface area contributed by atoms with E-state index in [1.165, 1.54) is 12.1 Å². The van der Waals surface area contributed by atoms with Crippen LogP contribution in [0.5, 0.6) is 0 Å². The van der Waals surface area contributed by atoms with Gasteiger partial charge in [0, 0.05) is 39.1 Å². The van der Waals surface area contributed by atoms with Gasteiger partial charge in [-0.15, -0.1) is 0 Å².